The lowest BCUT2D eigenvalue weighted by Gasteiger charge is -2.37. The van der Waals surface area contributed by atoms with E-state index in [0.717, 1.165) is 10.9 Å². The molecule has 0 unspecified atom stereocenters. The van der Waals surface area contributed by atoms with Crippen molar-refractivity contribution in [2.75, 3.05) is 26.7 Å². The Kier molecular flexibility index (Phi) is 4.04. The van der Waals surface area contributed by atoms with E-state index in [9.17, 15) is 19.1 Å². The van der Waals surface area contributed by atoms with E-state index in [-0.39, 0.29) is 18.1 Å². The molecule has 2 aromatic rings. The Morgan fingerprint density at radius 3 is 2.91 bits per heavy atom. The number of amides is 1. The summed E-state index contributed by atoms with van der Waals surface area (Å²) in [5, 5.41) is 10.1. The Bertz CT molecular complexity index is 758. The Morgan fingerprint density at radius 2 is 2.17 bits per heavy atom. The molecule has 6 nitrogen and oxygen atoms in total. The maximum atomic E-state index is 13.2. The number of benzene rings is 1. The fourth-order valence-electron chi connectivity index (χ4n) is 3.00. The van der Waals surface area contributed by atoms with Gasteiger partial charge in [-0.05, 0) is 30.8 Å². The van der Waals surface area contributed by atoms with Crippen molar-refractivity contribution in [3.63, 3.8) is 0 Å². The standard InChI is InChI=1S/C16H18FN3O3/c1-19-4-5-20(14(9-19)16(22)23)15(21)6-10-8-18-13-7-11(17)2-3-12(10)13/h2-3,7-8,14,18H,4-6,9H2,1H3,(H,22,23)/t14-/m1/s1. The molecule has 1 aliphatic heterocycles. The topological polar surface area (TPSA) is 76.6 Å². The van der Waals surface area contributed by atoms with Crippen LogP contribution in [0, 0.1) is 5.82 Å². The third-order valence-corrected chi connectivity index (χ3v) is 4.26. The lowest BCUT2D eigenvalue weighted by molar-refractivity contribution is -0.153. The molecule has 1 fully saturated rings. The van der Waals surface area contributed by atoms with Gasteiger partial charge in [0, 0.05) is 36.7 Å². The second-order valence-electron chi connectivity index (χ2n) is 5.88. The normalized spacial score (nSPS) is 19.2. The Labute approximate surface area is 132 Å². The van der Waals surface area contributed by atoms with Gasteiger partial charge in [0.25, 0.3) is 0 Å². The number of aromatic amines is 1. The highest BCUT2D eigenvalue weighted by Crippen LogP contribution is 2.21. The summed E-state index contributed by atoms with van der Waals surface area (Å²) in [7, 11) is 1.84. The minimum Gasteiger partial charge on any atom is -0.480 e. The molecule has 23 heavy (non-hydrogen) atoms. The third kappa shape index (κ3) is 3.05. The zero-order valence-corrected chi connectivity index (χ0v) is 12.8. The first-order chi connectivity index (χ1) is 11.0. The van der Waals surface area contributed by atoms with E-state index in [2.05, 4.69) is 4.98 Å². The summed E-state index contributed by atoms with van der Waals surface area (Å²) in [4.78, 5) is 30.2. The van der Waals surface area contributed by atoms with Crippen LogP contribution in [-0.4, -0.2) is 64.5 Å². The first-order valence-corrected chi connectivity index (χ1v) is 7.42. The summed E-state index contributed by atoms with van der Waals surface area (Å²) in [5.74, 6) is -1.57. The Hall–Kier alpha value is -2.41. The molecule has 3 rings (SSSR count). The van der Waals surface area contributed by atoms with Crippen molar-refractivity contribution in [1.82, 2.24) is 14.8 Å². The molecule has 2 heterocycles. The number of nitrogens with zero attached hydrogens (tertiary/aromatic N) is 2. The average Bonchev–Trinajstić information content (AvgIpc) is 2.89. The Balaban J connectivity index is 1.81. The second-order valence-corrected chi connectivity index (χ2v) is 5.88. The van der Waals surface area contributed by atoms with Crippen molar-refractivity contribution >= 4 is 22.8 Å². The Morgan fingerprint density at radius 1 is 1.39 bits per heavy atom. The highest BCUT2D eigenvalue weighted by Gasteiger charge is 2.34. The lowest BCUT2D eigenvalue weighted by Crippen LogP contribution is -2.57. The lowest BCUT2D eigenvalue weighted by atomic mass is 10.1. The SMILES string of the molecule is CN1CCN(C(=O)Cc2c[nH]c3cc(F)ccc23)[C@@H](C(=O)O)C1. The number of aliphatic carboxylic acids is 1. The van der Waals surface area contributed by atoms with Crippen molar-refractivity contribution in [3.05, 3.63) is 35.8 Å². The maximum absolute atomic E-state index is 13.2. The first kappa shape index (κ1) is 15.5. The van der Waals surface area contributed by atoms with Gasteiger partial charge in [0.05, 0.1) is 6.42 Å². The number of piperazine rings is 1. The van der Waals surface area contributed by atoms with Crippen LogP contribution in [0.15, 0.2) is 24.4 Å². The number of fused-ring (bicyclic) bond motifs is 1. The molecule has 1 amide bonds. The molecule has 1 aromatic heterocycles. The summed E-state index contributed by atoms with van der Waals surface area (Å²) < 4.78 is 13.2. The zero-order chi connectivity index (χ0) is 16.6. The number of halogens is 1. The number of H-pyrrole nitrogens is 1. The molecule has 0 saturated carbocycles. The number of likely N-dealkylation sites (N-methyl/N-ethyl adjacent to an activating group) is 1. The van der Waals surface area contributed by atoms with Crippen molar-refractivity contribution < 1.29 is 19.1 Å². The van der Waals surface area contributed by atoms with Crippen LogP contribution in [0.25, 0.3) is 10.9 Å². The molecule has 1 saturated heterocycles. The van der Waals surface area contributed by atoms with Crippen LogP contribution in [0.5, 0.6) is 0 Å². The molecule has 2 N–H and O–H groups in total. The highest BCUT2D eigenvalue weighted by atomic mass is 19.1. The summed E-state index contributed by atoms with van der Waals surface area (Å²) in [6.45, 7) is 1.36. The number of rotatable bonds is 3. The van der Waals surface area contributed by atoms with E-state index in [1.807, 2.05) is 11.9 Å². The molecule has 0 radical (unpaired) electrons. The third-order valence-electron chi connectivity index (χ3n) is 4.26. The summed E-state index contributed by atoms with van der Waals surface area (Å²) in [5.41, 5.74) is 1.37. The van der Waals surface area contributed by atoms with Crippen LogP contribution in [0.4, 0.5) is 4.39 Å². The van der Waals surface area contributed by atoms with Crippen LogP contribution in [0.1, 0.15) is 5.56 Å². The second kappa shape index (κ2) is 6.00. The van der Waals surface area contributed by atoms with E-state index in [0.29, 0.717) is 25.2 Å². The molecular weight excluding hydrogens is 301 g/mol. The van der Waals surface area contributed by atoms with Crippen molar-refractivity contribution in [2.45, 2.75) is 12.5 Å². The van der Waals surface area contributed by atoms with Gasteiger partial charge in [0.15, 0.2) is 0 Å². The van der Waals surface area contributed by atoms with Crippen LogP contribution < -0.4 is 0 Å². The first-order valence-electron chi connectivity index (χ1n) is 7.42. The van der Waals surface area contributed by atoms with Gasteiger partial charge in [0.2, 0.25) is 5.91 Å². The number of aromatic nitrogens is 1. The molecule has 1 aliphatic rings. The van der Waals surface area contributed by atoms with Crippen LogP contribution in [-0.2, 0) is 16.0 Å². The molecule has 7 heteroatoms. The minimum atomic E-state index is -0.995. The van der Waals surface area contributed by atoms with Crippen LogP contribution in [0.3, 0.4) is 0 Å². The molecule has 0 bridgehead atoms. The predicted molar refractivity (Wildman–Crippen MR) is 82.6 cm³/mol. The predicted octanol–water partition coefficient (Wildman–Crippen LogP) is 1.08. The number of carbonyl (C=O) groups is 2. The van der Waals surface area contributed by atoms with E-state index >= 15 is 0 Å². The minimum absolute atomic E-state index is 0.0964. The van der Waals surface area contributed by atoms with Crippen LogP contribution in [0.2, 0.25) is 0 Å². The zero-order valence-electron chi connectivity index (χ0n) is 12.8. The number of carboxylic acid groups (broad SMARTS) is 1. The summed E-state index contributed by atoms with van der Waals surface area (Å²) >= 11 is 0. The van der Waals surface area contributed by atoms with E-state index in [1.165, 1.54) is 17.0 Å². The molecule has 0 spiro atoms. The van der Waals surface area contributed by atoms with Gasteiger partial charge in [-0.15, -0.1) is 0 Å². The smallest absolute Gasteiger partial charge is 0.327 e. The average molecular weight is 319 g/mol. The van der Waals surface area contributed by atoms with Gasteiger partial charge in [-0.2, -0.15) is 0 Å². The summed E-state index contributed by atoms with van der Waals surface area (Å²) in [6, 6.07) is 3.52. The van der Waals surface area contributed by atoms with E-state index in [1.54, 1.807) is 12.3 Å². The molecule has 1 aromatic carbocycles. The molecule has 122 valence electrons. The molecule has 0 aliphatic carbocycles. The quantitative estimate of drug-likeness (QED) is 0.887. The van der Waals surface area contributed by atoms with Gasteiger partial charge in [-0.1, -0.05) is 0 Å². The van der Waals surface area contributed by atoms with Crippen molar-refractivity contribution in [3.8, 4) is 0 Å². The largest absolute Gasteiger partial charge is 0.480 e. The molecule has 1 atom stereocenters. The van der Waals surface area contributed by atoms with Gasteiger partial charge in [0.1, 0.15) is 11.9 Å². The number of hydrogen-bond acceptors (Lipinski definition) is 3. The number of carboxylic acids is 1. The van der Waals surface area contributed by atoms with Crippen molar-refractivity contribution in [2.24, 2.45) is 0 Å². The fraction of sp³-hybridized carbons (Fsp3) is 0.375. The monoisotopic (exact) mass is 319 g/mol. The van der Waals surface area contributed by atoms with Crippen molar-refractivity contribution in [1.29, 1.82) is 0 Å². The maximum Gasteiger partial charge on any atom is 0.327 e. The van der Waals surface area contributed by atoms with E-state index in [4.69, 9.17) is 0 Å². The highest BCUT2D eigenvalue weighted by molar-refractivity contribution is 5.90. The van der Waals surface area contributed by atoms with Gasteiger partial charge in [-0.3, -0.25) is 4.79 Å². The van der Waals surface area contributed by atoms with Crippen LogP contribution >= 0.6 is 0 Å². The number of nitrogens with one attached hydrogen (secondary N) is 1. The van der Waals surface area contributed by atoms with E-state index < -0.39 is 12.0 Å². The molecular formula is C16H18FN3O3. The van der Waals surface area contributed by atoms with Gasteiger partial charge < -0.3 is 19.9 Å². The van der Waals surface area contributed by atoms with Gasteiger partial charge >= 0.3 is 5.97 Å². The summed E-state index contributed by atoms with van der Waals surface area (Å²) in [6.07, 6.45) is 1.77. The fourth-order valence-corrected chi connectivity index (χ4v) is 3.00. The van der Waals surface area contributed by atoms with Gasteiger partial charge in [-0.25, -0.2) is 9.18 Å². The number of carbonyl (C=O) groups excluding carboxylic acids is 1. The number of hydrogen-bond donors (Lipinski definition) is 2.